The third-order valence-electron chi connectivity index (χ3n) is 12.1. The van der Waals surface area contributed by atoms with E-state index in [0.717, 1.165) is 5.56 Å². The van der Waals surface area contributed by atoms with Gasteiger partial charge < -0.3 is 23.7 Å². The minimum Gasteiger partial charge on any atom is -0.413 e. The van der Waals surface area contributed by atoms with Crippen molar-refractivity contribution in [3.8, 4) is 0 Å². The lowest BCUT2D eigenvalue weighted by Gasteiger charge is -2.54. The first-order valence-corrected chi connectivity index (χ1v) is 25.4. The van der Waals surface area contributed by atoms with Crippen LogP contribution in [0.15, 0.2) is 18.5 Å². The Bertz CT molecular complexity index is 1030. The summed E-state index contributed by atoms with van der Waals surface area (Å²) in [4.78, 5) is 4.31. The lowest BCUT2D eigenvalue weighted by atomic mass is 9.94. The van der Waals surface area contributed by atoms with Gasteiger partial charge in [0.05, 0.1) is 36.8 Å². The van der Waals surface area contributed by atoms with Gasteiger partial charge in [0, 0.05) is 18.2 Å². The Morgan fingerprint density at radius 3 is 1.45 bits per heavy atom. The highest BCUT2D eigenvalue weighted by atomic mass is 28.4. The monoisotopic (exact) mass is 709 g/mol. The Labute approximate surface area is 294 Å². The lowest BCUT2D eigenvalue weighted by Crippen LogP contribution is -2.62. The van der Waals surface area contributed by atoms with Gasteiger partial charge in [-0.1, -0.05) is 125 Å². The smallest absolute Gasteiger partial charge is 0.201 e. The average Bonchev–Trinajstić information content (AvgIpc) is 2.93. The van der Waals surface area contributed by atoms with Crippen molar-refractivity contribution in [1.29, 1.82) is 0 Å². The molecule has 1 saturated heterocycles. The molecule has 47 heavy (non-hydrogen) atoms. The summed E-state index contributed by atoms with van der Waals surface area (Å²) in [6, 6.07) is 2.03. The molecule has 0 amide bonds. The number of hydrogen-bond donors (Lipinski definition) is 1. The Kier molecular flexibility index (Phi) is 15.5. The van der Waals surface area contributed by atoms with Gasteiger partial charge in [-0.3, -0.25) is 4.98 Å². The third-order valence-corrected chi connectivity index (χ3v) is 30.4. The van der Waals surface area contributed by atoms with Gasteiger partial charge in [-0.05, 0) is 55.9 Å². The molecule has 2 N–H and O–H groups in total. The summed E-state index contributed by atoms with van der Waals surface area (Å²) < 4.78 is 30.3. The average molecular weight is 709 g/mol. The predicted octanol–water partition coefficient (Wildman–Crippen LogP) is 11.8. The first-order chi connectivity index (χ1) is 21.6. The Balaban J connectivity index is 2.89. The molecule has 6 nitrogen and oxygen atoms in total. The van der Waals surface area contributed by atoms with E-state index in [4.69, 9.17) is 23.7 Å². The van der Waals surface area contributed by atoms with Crippen LogP contribution in [0.2, 0.25) is 49.9 Å². The van der Waals surface area contributed by atoms with Gasteiger partial charge in [0.1, 0.15) is 6.10 Å². The van der Waals surface area contributed by atoms with Gasteiger partial charge in [0.25, 0.3) is 0 Å². The molecule has 0 unspecified atom stereocenters. The fourth-order valence-corrected chi connectivity index (χ4v) is 26.9. The highest BCUT2D eigenvalue weighted by Crippen LogP contribution is 2.50. The summed E-state index contributed by atoms with van der Waals surface area (Å²) in [6.45, 7) is 43.2. The largest absolute Gasteiger partial charge is 0.413 e. The Hall–Kier alpha value is -0.559. The van der Waals surface area contributed by atoms with Crippen LogP contribution in [0, 0.1) is 0 Å². The van der Waals surface area contributed by atoms with Gasteiger partial charge in [-0.25, -0.2) is 0 Å². The van der Waals surface area contributed by atoms with E-state index >= 15 is 0 Å². The molecule has 4 atom stereocenters. The van der Waals surface area contributed by atoms with E-state index in [2.05, 4.69) is 130 Å². The van der Waals surface area contributed by atoms with Crippen molar-refractivity contribution in [2.75, 3.05) is 12.3 Å². The standard InChI is InChI=1S/C38H76N2O4Si3/c1-24(2)45(25(3)4,26(5)6)41-23-37-38(44-47(30(13)14,31(15)16)32(17)18)36(43-46(27(7)8,28(9)10)29(11)12)21-35(42-37)33-19-20-40-22-34(33)39/h19-20,22,24-32,35-38H,21,23,39H2,1-18H3/t35-,36-,37-,38+/m1/s1. The summed E-state index contributed by atoms with van der Waals surface area (Å²) in [5.41, 5.74) is 12.4. The summed E-state index contributed by atoms with van der Waals surface area (Å²) in [6.07, 6.45) is 3.42. The van der Waals surface area contributed by atoms with Crippen molar-refractivity contribution >= 4 is 30.6 Å². The lowest BCUT2D eigenvalue weighted by molar-refractivity contribution is -0.172. The van der Waals surface area contributed by atoms with Crippen molar-refractivity contribution < 1.29 is 18.0 Å². The SMILES string of the molecule is CC(C)[Si](OC[C@H]1O[C@@H](c2ccncc2N)C[C@@H](O[Si](C(C)C)(C(C)C)C(C)C)[C@@H]1O[Si](C(C)C)(C(C)C)C(C)C)(C(C)C)C(C)C. The molecule has 1 fully saturated rings. The highest BCUT2D eigenvalue weighted by molar-refractivity contribution is 6.78. The van der Waals surface area contributed by atoms with E-state index in [1.165, 1.54) is 0 Å². The zero-order valence-corrected chi connectivity index (χ0v) is 36.8. The maximum atomic E-state index is 7.84. The van der Waals surface area contributed by atoms with Crippen LogP contribution in [-0.4, -0.2) is 54.9 Å². The second-order valence-corrected chi connectivity index (χ2v) is 33.7. The van der Waals surface area contributed by atoms with Crippen LogP contribution in [0.4, 0.5) is 5.69 Å². The van der Waals surface area contributed by atoms with Crippen LogP contribution in [0.3, 0.4) is 0 Å². The number of anilines is 1. The van der Waals surface area contributed by atoms with Crippen molar-refractivity contribution in [1.82, 2.24) is 4.98 Å². The minimum absolute atomic E-state index is 0.134. The molecule has 1 aliphatic heterocycles. The van der Waals surface area contributed by atoms with Gasteiger partial charge in [0.2, 0.25) is 16.6 Å². The van der Waals surface area contributed by atoms with Crippen molar-refractivity contribution in [3.63, 3.8) is 0 Å². The van der Waals surface area contributed by atoms with E-state index < -0.39 is 25.0 Å². The topological polar surface area (TPSA) is 75.8 Å². The maximum absolute atomic E-state index is 7.84. The van der Waals surface area contributed by atoms with Gasteiger partial charge >= 0.3 is 0 Å². The van der Waals surface area contributed by atoms with Gasteiger partial charge in [-0.2, -0.15) is 0 Å². The summed E-state index contributed by atoms with van der Waals surface area (Å²) in [5, 5.41) is 0. The zero-order valence-electron chi connectivity index (χ0n) is 33.8. The van der Waals surface area contributed by atoms with Gasteiger partial charge in [0.15, 0.2) is 8.32 Å². The van der Waals surface area contributed by atoms with E-state index in [-0.39, 0.29) is 24.4 Å². The van der Waals surface area contributed by atoms with Crippen LogP contribution in [0.5, 0.6) is 0 Å². The number of ether oxygens (including phenoxy) is 1. The fourth-order valence-electron chi connectivity index (χ4n) is 10.3. The van der Waals surface area contributed by atoms with E-state index in [9.17, 15) is 0 Å². The molecule has 0 spiro atoms. The first kappa shape index (κ1) is 42.6. The summed E-state index contributed by atoms with van der Waals surface area (Å²) in [7, 11) is -6.82. The molecule has 1 aromatic heterocycles. The maximum Gasteiger partial charge on any atom is 0.201 e. The molecule has 9 heteroatoms. The molecule has 2 rings (SSSR count). The molecule has 0 aromatic carbocycles. The molecule has 1 aromatic rings. The Morgan fingerprint density at radius 2 is 1.06 bits per heavy atom. The van der Waals surface area contributed by atoms with Crippen LogP contribution < -0.4 is 5.73 Å². The third kappa shape index (κ3) is 8.50. The predicted molar refractivity (Wildman–Crippen MR) is 210 cm³/mol. The number of hydrogen-bond acceptors (Lipinski definition) is 6. The van der Waals surface area contributed by atoms with Crippen LogP contribution in [0.25, 0.3) is 0 Å². The summed E-state index contributed by atoms with van der Waals surface area (Å²) in [5.74, 6) is 0. The molecule has 0 saturated carbocycles. The number of nitrogens with zero attached hydrogens (tertiary/aromatic N) is 1. The van der Waals surface area contributed by atoms with E-state index in [1.54, 1.807) is 6.20 Å². The molecule has 0 radical (unpaired) electrons. The highest BCUT2D eigenvalue weighted by Gasteiger charge is 2.56. The van der Waals surface area contributed by atoms with Crippen LogP contribution >= 0.6 is 0 Å². The van der Waals surface area contributed by atoms with Crippen molar-refractivity contribution in [2.24, 2.45) is 0 Å². The molecular formula is C38H76N2O4Si3. The number of pyridine rings is 1. The van der Waals surface area contributed by atoms with Gasteiger partial charge in [-0.15, -0.1) is 0 Å². The molecule has 2 heterocycles. The minimum atomic E-state index is -2.33. The number of nitrogen functional groups attached to an aromatic ring is 1. The second-order valence-electron chi connectivity index (χ2n) is 17.4. The zero-order chi connectivity index (χ0) is 36.2. The quantitative estimate of drug-likeness (QED) is 0.162. The van der Waals surface area contributed by atoms with Crippen molar-refractivity contribution in [2.45, 2.75) is 205 Å². The number of aromatic nitrogens is 1. The number of rotatable bonds is 17. The fraction of sp³-hybridized carbons (Fsp3) is 0.868. The second kappa shape index (κ2) is 17.1. The van der Waals surface area contributed by atoms with Crippen LogP contribution in [-0.2, 0) is 18.0 Å². The normalized spacial score (nSPS) is 22.1. The molecule has 274 valence electrons. The number of nitrogens with two attached hydrogens (primary N) is 1. The molecule has 0 aliphatic carbocycles. The molecule has 0 bridgehead atoms. The van der Waals surface area contributed by atoms with E-state index in [1.807, 2.05) is 12.3 Å². The molecule has 1 aliphatic rings. The summed E-state index contributed by atoms with van der Waals surface area (Å²) >= 11 is 0. The Morgan fingerprint density at radius 1 is 0.660 bits per heavy atom. The van der Waals surface area contributed by atoms with Crippen LogP contribution in [0.1, 0.15) is 143 Å². The van der Waals surface area contributed by atoms with E-state index in [0.29, 0.717) is 68.6 Å². The first-order valence-electron chi connectivity index (χ1n) is 19.0. The molecular weight excluding hydrogens is 633 g/mol. The van der Waals surface area contributed by atoms with Crippen molar-refractivity contribution in [3.05, 3.63) is 24.0 Å².